The minimum Gasteiger partial charge on any atom is -0.449 e. The number of carbonyl (C=O) groups excluding carboxylic acids is 1. The van der Waals surface area contributed by atoms with Gasteiger partial charge in [-0.25, -0.2) is 9.78 Å². The molecule has 0 aromatic carbocycles. The highest BCUT2D eigenvalue weighted by atomic mass is 16.6. The Kier molecular flexibility index (Phi) is 4.51. The number of nitrogens with zero attached hydrogens (tertiary/aromatic N) is 1. The molecule has 1 aromatic rings. The van der Waals surface area contributed by atoms with E-state index in [1.807, 2.05) is 0 Å². The van der Waals surface area contributed by atoms with E-state index in [0.717, 1.165) is 0 Å². The Morgan fingerprint density at radius 3 is 2.82 bits per heavy atom. The lowest BCUT2D eigenvalue weighted by Gasteiger charge is -2.22. The predicted octanol–water partition coefficient (Wildman–Crippen LogP) is 1.10. The third-order valence-corrected chi connectivity index (χ3v) is 1.85. The van der Waals surface area contributed by atoms with Crippen LogP contribution in [0.15, 0.2) is 16.9 Å². The zero-order valence-electron chi connectivity index (χ0n) is 10.3. The fraction of sp³-hybridized carbons (Fsp3) is 0.636. The van der Waals surface area contributed by atoms with Gasteiger partial charge in [-0.05, 0) is 20.8 Å². The maximum atomic E-state index is 11.5. The number of hydrogen-bond acceptors (Lipinski definition) is 5. The van der Waals surface area contributed by atoms with Crippen molar-refractivity contribution >= 4 is 6.09 Å². The Balaban J connectivity index is 2.44. The van der Waals surface area contributed by atoms with Gasteiger partial charge in [-0.2, -0.15) is 0 Å². The van der Waals surface area contributed by atoms with Crippen LogP contribution in [0.2, 0.25) is 0 Å². The summed E-state index contributed by atoms with van der Waals surface area (Å²) in [5, 5.41) is 11.7. The van der Waals surface area contributed by atoms with Crippen LogP contribution in [0.5, 0.6) is 0 Å². The second-order valence-electron chi connectivity index (χ2n) is 4.66. The van der Waals surface area contributed by atoms with Gasteiger partial charge in [0.25, 0.3) is 0 Å². The molecule has 1 rings (SSSR count). The standard InChI is InChI=1S/C11H18N2O4/c1-11(2,3)17-10(15)13-8(7-14)6-9-12-4-5-16-9/h4-5,8,14H,6-7H2,1-3H3,(H,13,15). The first-order valence-electron chi connectivity index (χ1n) is 5.39. The highest BCUT2D eigenvalue weighted by Gasteiger charge is 2.20. The van der Waals surface area contributed by atoms with Crippen molar-refractivity contribution in [2.24, 2.45) is 0 Å². The highest BCUT2D eigenvalue weighted by molar-refractivity contribution is 5.68. The highest BCUT2D eigenvalue weighted by Crippen LogP contribution is 2.07. The Morgan fingerprint density at radius 1 is 1.65 bits per heavy atom. The van der Waals surface area contributed by atoms with Gasteiger partial charge < -0.3 is 19.6 Å². The Hall–Kier alpha value is -1.56. The minimum absolute atomic E-state index is 0.207. The molecule has 96 valence electrons. The van der Waals surface area contributed by atoms with E-state index in [0.29, 0.717) is 12.3 Å². The number of aliphatic hydroxyl groups excluding tert-OH is 1. The van der Waals surface area contributed by atoms with E-state index in [1.54, 1.807) is 20.8 Å². The maximum absolute atomic E-state index is 11.5. The van der Waals surface area contributed by atoms with Crippen molar-refractivity contribution in [3.8, 4) is 0 Å². The van der Waals surface area contributed by atoms with E-state index in [4.69, 9.17) is 14.3 Å². The van der Waals surface area contributed by atoms with Crippen LogP contribution in [0, 0.1) is 0 Å². The molecule has 17 heavy (non-hydrogen) atoms. The number of rotatable bonds is 4. The first-order valence-corrected chi connectivity index (χ1v) is 5.39. The Labute approximate surface area is 100.0 Å². The molecule has 1 heterocycles. The molecule has 1 amide bonds. The smallest absolute Gasteiger partial charge is 0.407 e. The molecule has 0 fully saturated rings. The lowest BCUT2D eigenvalue weighted by Crippen LogP contribution is -2.42. The summed E-state index contributed by atoms with van der Waals surface area (Å²) >= 11 is 0. The summed E-state index contributed by atoms with van der Waals surface area (Å²) < 4.78 is 10.1. The number of hydrogen-bond donors (Lipinski definition) is 2. The molecular weight excluding hydrogens is 224 g/mol. The summed E-state index contributed by atoms with van der Waals surface area (Å²) in [6.45, 7) is 5.11. The van der Waals surface area contributed by atoms with E-state index in [2.05, 4.69) is 10.3 Å². The van der Waals surface area contributed by atoms with Crippen LogP contribution in [0.1, 0.15) is 26.7 Å². The summed E-state index contributed by atoms with van der Waals surface area (Å²) in [5.41, 5.74) is -0.562. The molecule has 1 aromatic heterocycles. The second-order valence-corrected chi connectivity index (χ2v) is 4.66. The van der Waals surface area contributed by atoms with E-state index in [9.17, 15) is 4.79 Å². The van der Waals surface area contributed by atoms with Crippen LogP contribution >= 0.6 is 0 Å². The summed E-state index contributed by atoms with van der Waals surface area (Å²) in [5.74, 6) is 0.458. The number of amides is 1. The van der Waals surface area contributed by atoms with Gasteiger partial charge in [0.05, 0.1) is 18.8 Å². The molecule has 6 heteroatoms. The summed E-state index contributed by atoms with van der Waals surface area (Å²) in [4.78, 5) is 15.4. The van der Waals surface area contributed by atoms with E-state index in [-0.39, 0.29) is 6.61 Å². The van der Waals surface area contributed by atoms with Gasteiger partial charge in [-0.1, -0.05) is 0 Å². The van der Waals surface area contributed by atoms with Crippen LogP contribution in [0.3, 0.4) is 0 Å². The molecule has 2 N–H and O–H groups in total. The average Bonchev–Trinajstić information content (AvgIpc) is 2.66. The van der Waals surface area contributed by atoms with Crippen LogP contribution < -0.4 is 5.32 Å². The SMILES string of the molecule is CC(C)(C)OC(=O)NC(CO)Cc1ncco1. The topological polar surface area (TPSA) is 84.6 Å². The molecule has 0 saturated heterocycles. The molecule has 0 saturated carbocycles. The third-order valence-electron chi connectivity index (χ3n) is 1.85. The van der Waals surface area contributed by atoms with Crippen LogP contribution in [0.25, 0.3) is 0 Å². The largest absolute Gasteiger partial charge is 0.449 e. The third kappa shape index (κ3) is 5.35. The Bertz CT molecular complexity index is 343. The van der Waals surface area contributed by atoms with Crippen LogP contribution in [-0.4, -0.2) is 34.4 Å². The van der Waals surface area contributed by atoms with Crippen molar-refractivity contribution in [3.05, 3.63) is 18.4 Å². The van der Waals surface area contributed by atoms with Gasteiger partial charge in [0.15, 0.2) is 5.89 Å². The lowest BCUT2D eigenvalue weighted by molar-refractivity contribution is 0.0480. The molecule has 1 unspecified atom stereocenters. The van der Waals surface area contributed by atoms with Crippen molar-refractivity contribution in [1.29, 1.82) is 0 Å². The molecule has 0 spiro atoms. The van der Waals surface area contributed by atoms with E-state index < -0.39 is 17.7 Å². The number of oxazole rings is 1. The maximum Gasteiger partial charge on any atom is 0.407 e. The Morgan fingerprint density at radius 2 is 2.35 bits per heavy atom. The molecular formula is C11H18N2O4. The van der Waals surface area contributed by atoms with Crippen molar-refractivity contribution in [2.45, 2.75) is 38.8 Å². The number of alkyl carbamates (subject to hydrolysis) is 1. The lowest BCUT2D eigenvalue weighted by atomic mass is 10.2. The number of aromatic nitrogens is 1. The van der Waals surface area contributed by atoms with Crippen LogP contribution in [0.4, 0.5) is 4.79 Å². The molecule has 0 radical (unpaired) electrons. The van der Waals surface area contributed by atoms with E-state index in [1.165, 1.54) is 12.5 Å². The second kappa shape index (κ2) is 5.67. The summed E-state index contributed by atoms with van der Waals surface area (Å²) in [7, 11) is 0. The number of carbonyl (C=O) groups is 1. The van der Waals surface area contributed by atoms with Crippen molar-refractivity contribution in [3.63, 3.8) is 0 Å². The van der Waals surface area contributed by atoms with Gasteiger partial charge in [-0.3, -0.25) is 0 Å². The molecule has 6 nitrogen and oxygen atoms in total. The van der Waals surface area contributed by atoms with Gasteiger partial charge in [0, 0.05) is 6.42 Å². The van der Waals surface area contributed by atoms with Crippen molar-refractivity contribution < 1.29 is 19.1 Å². The minimum atomic E-state index is -0.567. The normalized spacial score (nSPS) is 13.2. The number of aliphatic hydroxyl groups is 1. The van der Waals surface area contributed by atoms with Gasteiger partial charge in [0.1, 0.15) is 11.9 Å². The number of ether oxygens (including phenoxy) is 1. The fourth-order valence-corrected chi connectivity index (χ4v) is 1.20. The fourth-order valence-electron chi connectivity index (χ4n) is 1.20. The number of nitrogens with one attached hydrogen (secondary N) is 1. The first-order chi connectivity index (χ1) is 7.90. The molecule has 1 atom stereocenters. The molecule has 0 aliphatic heterocycles. The quantitative estimate of drug-likeness (QED) is 0.826. The zero-order chi connectivity index (χ0) is 12.9. The molecule has 0 aliphatic rings. The summed E-state index contributed by atoms with van der Waals surface area (Å²) in [6.07, 6.45) is 2.71. The molecule has 0 aliphatic carbocycles. The van der Waals surface area contributed by atoms with E-state index >= 15 is 0 Å². The monoisotopic (exact) mass is 242 g/mol. The van der Waals surface area contributed by atoms with Crippen molar-refractivity contribution in [1.82, 2.24) is 10.3 Å². The first kappa shape index (κ1) is 13.5. The van der Waals surface area contributed by atoms with Crippen LogP contribution in [-0.2, 0) is 11.2 Å². The van der Waals surface area contributed by atoms with Crippen molar-refractivity contribution in [2.75, 3.05) is 6.61 Å². The molecule has 0 bridgehead atoms. The average molecular weight is 242 g/mol. The van der Waals surface area contributed by atoms with Gasteiger partial charge >= 0.3 is 6.09 Å². The summed E-state index contributed by atoms with van der Waals surface area (Å²) in [6, 6.07) is -0.469. The van der Waals surface area contributed by atoms with Gasteiger partial charge in [-0.15, -0.1) is 0 Å². The van der Waals surface area contributed by atoms with Gasteiger partial charge in [0.2, 0.25) is 0 Å². The zero-order valence-corrected chi connectivity index (χ0v) is 10.3. The predicted molar refractivity (Wildman–Crippen MR) is 60.5 cm³/mol.